The smallest absolute Gasteiger partial charge is 0.246 e. The highest BCUT2D eigenvalue weighted by Gasteiger charge is 2.35. The largest absolute Gasteiger partial charge is 0.497 e. The quantitative estimate of drug-likeness (QED) is 0.655. The number of carbonyl (C=O) groups is 1. The summed E-state index contributed by atoms with van der Waals surface area (Å²) in [6.07, 6.45) is 1.56. The number of piperazine rings is 1. The predicted molar refractivity (Wildman–Crippen MR) is 124 cm³/mol. The molecule has 0 N–H and O–H groups in total. The molecular formula is C23H31N3O4S. The lowest BCUT2D eigenvalue weighted by Crippen LogP contribution is -2.56. The van der Waals surface area contributed by atoms with Gasteiger partial charge in [-0.15, -0.1) is 0 Å². The van der Waals surface area contributed by atoms with Gasteiger partial charge in [0.25, 0.3) is 0 Å². The molecule has 1 aliphatic rings. The van der Waals surface area contributed by atoms with E-state index in [9.17, 15) is 13.2 Å². The van der Waals surface area contributed by atoms with Gasteiger partial charge in [0.15, 0.2) is 0 Å². The van der Waals surface area contributed by atoms with E-state index in [2.05, 4.69) is 4.90 Å². The number of benzene rings is 2. The number of nitrogens with zero attached hydrogens (tertiary/aromatic N) is 3. The molecule has 1 heterocycles. The zero-order chi connectivity index (χ0) is 22.6. The van der Waals surface area contributed by atoms with E-state index in [1.54, 1.807) is 24.1 Å². The summed E-state index contributed by atoms with van der Waals surface area (Å²) < 4.78 is 31.7. The molecule has 1 atom stereocenters. The van der Waals surface area contributed by atoms with Crippen LogP contribution in [0, 0.1) is 6.92 Å². The molecule has 2 aromatic rings. The van der Waals surface area contributed by atoms with Gasteiger partial charge in [-0.25, -0.2) is 8.42 Å². The minimum Gasteiger partial charge on any atom is -0.497 e. The van der Waals surface area contributed by atoms with Crippen LogP contribution in [0.4, 0.5) is 11.4 Å². The maximum absolute atomic E-state index is 13.4. The summed E-state index contributed by atoms with van der Waals surface area (Å²) in [5, 5.41) is 0. The summed E-state index contributed by atoms with van der Waals surface area (Å²) in [7, 11) is -1.98. The number of methoxy groups -OCH3 is 1. The summed E-state index contributed by atoms with van der Waals surface area (Å²) >= 11 is 0. The van der Waals surface area contributed by atoms with Gasteiger partial charge in [-0.1, -0.05) is 24.6 Å². The molecule has 1 fully saturated rings. The minimum absolute atomic E-state index is 0.150. The van der Waals surface area contributed by atoms with Crippen LogP contribution in [-0.4, -0.2) is 64.8 Å². The maximum atomic E-state index is 13.4. The van der Waals surface area contributed by atoms with Crippen molar-refractivity contribution in [2.24, 2.45) is 0 Å². The molecule has 2 aromatic carbocycles. The lowest BCUT2D eigenvalue weighted by molar-refractivity contribution is -0.132. The van der Waals surface area contributed by atoms with Crippen LogP contribution in [0.5, 0.6) is 5.75 Å². The molecule has 0 saturated carbocycles. The van der Waals surface area contributed by atoms with E-state index >= 15 is 0 Å². The summed E-state index contributed by atoms with van der Waals surface area (Å²) in [5.74, 6) is 0.656. The van der Waals surface area contributed by atoms with E-state index in [0.29, 0.717) is 38.3 Å². The summed E-state index contributed by atoms with van der Waals surface area (Å²) in [5.41, 5.74) is 2.63. The van der Waals surface area contributed by atoms with E-state index in [-0.39, 0.29) is 5.91 Å². The number of rotatable bonds is 7. The molecule has 0 aliphatic carbocycles. The molecule has 8 heteroatoms. The Balaban J connectivity index is 1.74. The normalized spacial score (nSPS) is 15.5. The van der Waals surface area contributed by atoms with Crippen LogP contribution in [0.1, 0.15) is 18.9 Å². The number of anilines is 2. The Hall–Kier alpha value is -2.74. The van der Waals surface area contributed by atoms with Crippen LogP contribution in [0.2, 0.25) is 0 Å². The number of carbonyl (C=O) groups excluding carboxylic acids is 1. The second kappa shape index (κ2) is 9.60. The third-order valence-electron chi connectivity index (χ3n) is 5.63. The van der Waals surface area contributed by atoms with Crippen molar-refractivity contribution in [2.75, 3.05) is 48.7 Å². The molecule has 3 rings (SSSR count). The molecule has 0 radical (unpaired) electrons. The SMILES string of the molecule is CC[C@@H](C(=O)N1CCN(c2ccc(OC)cc2)CC1)N(c1ccc(C)cc1)S(C)(=O)=O. The molecule has 0 unspecified atom stereocenters. The van der Waals surface area contributed by atoms with Gasteiger partial charge in [-0.05, 0) is 49.7 Å². The van der Waals surface area contributed by atoms with Crippen LogP contribution in [0.25, 0.3) is 0 Å². The van der Waals surface area contributed by atoms with Crippen LogP contribution < -0.4 is 13.9 Å². The molecule has 168 valence electrons. The Kier molecular flexibility index (Phi) is 7.10. The molecule has 31 heavy (non-hydrogen) atoms. The van der Waals surface area contributed by atoms with Gasteiger partial charge in [0.05, 0.1) is 19.1 Å². The van der Waals surface area contributed by atoms with E-state index in [1.807, 2.05) is 50.2 Å². The molecular weight excluding hydrogens is 414 g/mol. The van der Waals surface area contributed by atoms with Crippen molar-refractivity contribution >= 4 is 27.3 Å². The average Bonchev–Trinajstić information content (AvgIpc) is 2.77. The van der Waals surface area contributed by atoms with Crippen LogP contribution in [0.15, 0.2) is 48.5 Å². The first-order valence-electron chi connectivity index (χ1n) is 10.5. The lowest BCUT2D eigenvalue weighted by Gasteiger charge is -2.39. The number of hydrogen-bond acceptors (Lipinski definition) is 5. The fourth-order valence-corrected chi connectivity index (χ4v) is 5.13. The highest BCUT2D eigenvalue weighted by Crippen LogP contribution is 2.25. The first-order chi connectivity index (χ1) is 14.7. The third-order valence-corrected chi connectivity index (χ3v) is 6.81. The molecule has 1 aliphatic heterocycles. The Morgan fingerprint density at radius 3 is 2.10 bits per heavy atom. The van der Waals surface area contributed by atoms with Crippen molar-refractivity contribution in [2.45, 2.75) is 26.3 Å². The summed E-state index contributed by atoms with van der Waals surface area (Å²) in [6, 6.07) is 14.3. The van der Waals surface area contributed by atoms with Crippen LogP contribution >= 0.6 is 0 Å². The highest BCUT2D eigenvalue weighted by atomic mass is 32.2. The monoisotopic (exact) mass is 445 g/mol. The topological polar surface area (TPSA) is 70.2 Å². The number of ether oxygens (including phenoxy) is 1. The Labute approximate surface area is 185 Å². The van der Waals surface area contributed by atoms with E-state index in [4.69, 9.17) is 4.74 Å². The standard InChI is InChI=1S/C23H31N3O4S/c1-5-22(26(31(4,28)29)20-8-6-18(2)7-9-20)23(27)25-16-14-24(15-17-25)19-10-12-21(30-3)13-11-19/h6-13,22H,5,14-17H2,1-4H3/t22-/m0/s1. The van der Waals surface area contributed by atoms with Gasteiger partial charge in [0, 0.05) is 31.9 Å². The van der Waals surface area contributed by atoms with E-state index < -0.39 is 16.1 Å². The molecule has 7 nitrogen and oxygen atoms in total. The third kappa shape index (κ3) is 5.31. The zero-order valence-corrected chi connectivity index (χ0v) is 19.4. The predicted octanol–water partition coefficient (Wildman–Crippen LogP) is 2.90. The number of hydrogen-bond donors (Lipinski definition) is 0. The van der Waals surface area contributed by atoms with Gasteiger partial charge in [0.2, 0.25) is 15.9 Å². The van der Waals surface area contributed by atoms with Gasteiger partial charge < -0.3 is 14.5 Å². The zero-order valence-electron chi connectivity index (χ0n) is 18.6. The highest BCUT2D eigenvalue weighted by molar-refractivity contribution is 7.92. The average molecular weight is 446 g/mol. The molecule has 0 aromatic heterocycles. The Morgan fingerprint density at radius 2 is 1.61 bits per heavy atom. The number of sulfonamides is 1. The minimum atomic E-state index is -3.62. The second-order valence-corrected chi connectivity index (χ2v) is 9.69. The second-order valence-electron chi connectivity index (χ2n) is 7.83. The van der Waals surface area contributed by atoms with E-state index in [1.165, 1.54) is 4.31 Å². The van der Waals surface area contributed by atoms with E-state index in [0.717, 1.165) is 23.3 Å². The number of amides is 1. The van der Waals surface area contributed by atoms with Gasteiger partial charge in [-0.3, -0.25) is 9.10 Å². The fraction of sp³-hybridized carbons (Fsp3) is 0.435. The molecule has 1 amide bonds. The number of aryl methyl sites for hydroxylation is 1. The van der Waals surface area contributed by atoms with Gasteiger partial charge >= 0.3 is 0 Å². The first-order valence-corrected chi connectivity index (χ1v) is 12.3. The van der Waals surface area contributed by atoms with Crippen molar-refractivity contribution in [1.29, 1.82) is 0 Å². The molecule has 0 spiro atoms. The van der Waals surface area contributed by atoms with Crippen molar-refractivity contribution < 1.29 is 17.9 Å². The molecule has 1 saturated heterocycles. The van der Waals surface area contributed by atoms with Crippen molar-refractivity contribution in [3.63, 3.8) is 0 Å². The molecule has 0 bridgehead atoms. The van der Waals surface area contributed by atoms with Crippen molar-refractivity contribution in [1.82, 2.24) is 4.90 Å². The van der Waals surface area contributed by atoms with Crippen molar-refractivity contribution in [3.8, 4) is 5.75 Å². The maximum Gasteiger partial charge on any atom is 0.246 e. The first kappa shape index (κ1) is 22.9. The fourth-order valence-electron chi connectivity index (χ4n) is 3.92. The van der Waals surface area contributed by atoms with Crippen molar-refractivity contribution in [3.05, 3.63) is 54.1 Å². The Bertz CT molecular complexity index is 982. The summed E-state index contributed by atoms with van der Waals surface area (Å²) in [4.78, 5) is 17.4. The van der Waals surface area contributed by atoms with Gasteiger partial charge in [0.1, 0.15) is 11.8 Å². The van der Waals surface area contributed by atoms with Gasteiger partial charge in [-0.2, -0.15) is 0 Å². The Morgan fingerprint density at radius 1 is 1.03 bits per heavy atom. The summed E-state index contributed by atoms with van der Waals surface area (Å²) in [6.45, 7) is 6.28. The van der Waals surface area contributed by atoms with Crippen LogP contribution in [0.3, 0.4) is 0 Å². The lowest BCUT2D eigenvalue weighted by atomic mass is 10.1. The van der Waals surface area contributed by atoms with Crippen LogP contribution in [-0.2, 0) is 14.8 Å².